The summed E-state index contributed by atoms with van der Waals surface area (Å²) in [5.74, 6) is 0. The van der Waals surface area contributed by atoms with Crippen molar-refractivity contribution in [1.82, 2.24) is 10.8 Å². The first-order valence-corrected chi connectivity index (χ1v) is 6.93. The predicted molar refractivity (Wildman–Crippen MR) is 74.3 cm³/mol. The third-order valence-electron chi connectivity index (χ3n) is 2.25. The van der Waals surface area contributed by atoms with Gasteiger partial charge in [-0.25, -0.2) is 4.79 Å². The Kier molecular flexibility index (Phi) is 9.38. The maximum Gasteiger partial charge on any atom is 0.413 e. The molecule has 0 aliphatic carbocycles. The fraction of sp³-hybridized carbons (Fsp3) is 0.923. The Morgan fingerprint density at radius 1 is 1.23 bits per heavy atom. The van der Waals surface area contributed by atoms with Crippen LogP contribution in [0.4, 0.5) is 18.0 Å². The molecule has 0 aromatic rings. The van der Waals surface area contributed by atoms with Gasteiger partial charge in [-0.05, 0) is 33.6 Å². The van der Waals surface area contributed by atoms with Gasteiger partial charge in [0.2, 0.25) is 0 Å². The molecule has 22 heavy (non-hydrogen) atoms. The third-order valence-corrected chi connectivity index (χ3v) is 2.25. The Morgan fingerprint density at radius 3 is 2.36 bits per heavy atom. The number of carbonyl (C=O) groups is 1. The van der Waals surface area contributed by atoms with Gasteiger partial charge in [0.1, 0.15) is 5.60 Å². The number of methoxy groups -OCH3 is 1. The summed E-state index contributed by atoms with van der Waals surface area (Å²) in [5, 5.41) is 2.57. The number of carbonyl (C=O) groups excluding carboxylic acids is 1. The van der Waals surface area contributed by atoms with Crippen molar-refractivity contribution in [3.8, 4) is 0 Å². The zero-order valence-electron chi connectivity index (χ0n) is 13.4. The second-order valence-electron chi connectivity index (χ2n) is 5.74. The predicted octanol–water partition coefficient (Wildman–Crippen LogP) is 2.39. The lowest BCUT2D eigenvalue weighted by Crippen LogP contribution is -2.37. The van der Waals surface area contributed by atoms with Gasteiger partial charge < -0.3 is 14.8 Å². The molecule has 9 heteroatoms. The number of alkyl carbamates (subject to hydrolysis) is 1. The number of amides is 1. The van der Waals surface area contributed by atoms with Gasteiger partial charge in [0, 0.05) is 13.7 Å². The Hall–Kier alpha value is -1.06. The minimum absolute atomic E-state index is 0.199. The highest BCUT2D eigenvalue weighted by molar-refractivity contribution is 5.67. The molecular formula is C13H25F3N2O4. The van der Waals surface area contributed by atoms with Gasteiger partial charge in [-0.1, -0.05) is 0 Å². The Bertz CT molecular complexity index is 319. The molecule has 1 atom stereocenters. The van der Waals surface area contributed by atoms with Gasteiger partial charge in [-0.2, -0.15) is 18.7 Å². The lowest BCUT2D eigenvalue weighted by Gasteiger charge is -2.20. The fourth-order valence-electron chi connectivity index (χ4n) is 1.47. The molecule has 0 aromatic carbocycles. The van der Waals surface area contributed by atoms with E-state index in [1.54, 1.807) is 20.8 Å². The van der Waals surface area contributed by atoms with Gasteiger partial charge >= 0.3 is 12.3 Å². The van der Waals surface area contributed by atoms with Crippen LogP contribution in [0.15, 0.2) is 0 Å². The zero-order chi connectivity index (χ0) is 17.2. The van der Waals surface area contributed by atoms with Crippen LogP contribution in [0.3, 0.4) is 0 Å². The van der Waals surface area contributed by atoms with E-state index in [4.69, 9.17) is 9.47 Å². The van der Waals surface area contributed by atoms with Gasteiger partial charge in [0.25, 0.3) is 0 Å². The van der Waals surface area contributed by atoms with Crippen molar-refractivity contribution in [2.45, 2.75) is 51.4 Å². The number of hydroxylamine groups is 1. The standard InChI is InChI=1S/C13H25F3N2O4/c1-12(2,3)22-11(19)17-7-5-6-10(8-20-4)18-21-9-13(14,15)16/h10,18H,5-9H2,1-4H3,(H,17,19). The molecular weight excluding hydrogens is 305 g/mol. The molecule has 2 N–H and O–H groups in total. The molecule has 6 nitrogen and oxygen atoms in total. The van der Waals surface area contributed by atoms with Crippen molar-refractivity contribution in [2.75, 3.05) is 26.9 Å². The van der Waals surface area contributed by atoms with Crippen molar-refractivity contribution in [3.63, 3.8) is 0 Å². The molecule has 0 aliphatic rings. The molecule has 0 aromatic heterocycles. The highest BCUT2D eigenvalue weighted by Crippen LogP contribution is 2.14. The molecule has 1 amide bonds. The van der Waals surface area contributed by atoms with Crippen molar-refractivity contribution in [1.29, 1.82) is 0 Å². The van der Waals surface area contributed by atoms with Gasteiger partial charge in [-0.15, -0.1) is 0 Å². The Balaban J connectivity index is 3.88. The summed E-state index contributed by atoms with van der Waals surface area (Å²) in [6.45, 7) is 4.43. The van der Waals surface area contributed by atoms with Crippen LogP contribution in [0.25, 0.3) is 0 Å². The largest absolute Gasteiger partial charge is 0.444 e. The number of nitrogens with one attached hydrogen (secondary N) is 2. The van der Waals surface area contributed by atoms with Crippen LogP contribution >= 0.6 is 0 Å². The van der Waals surface area contributed by atoms with E-state index in [9.17, 15) is 18.0 Å². The summed E-state index contributed by atoms with van der Waals surface area (Å²) in [7, 11) is 1.44. The number of hydrogen-bond acceptors (Lipinski definition) is 5. The maximum absolute atomic E-state index is 12.0. The number of hydrogen-bond donors (Lipinski definition) is 2. The molecule has 0 saturated carbocycles. The summed E-state index contributed by atoms with van der Waals surface area (Å²) in [6.07, 6.45) is -3.91. The molecule has 0 spiro atoms. The molecule has 0 radical (unpaired) electrons. The van der Waals surface area contributed by atoms with Crippen molar-refractivity contribution < 1.29 is 32.3 Å². The van der Waals surface area contributed by atoms with E-state index >= 15 is 0 Å². The minimum atomic E-state index is -4.39. The van der Waals surface area contributed by atoms with E-state index < -0.39 is 30.5 Å². The number of halogens is 3. The second kappa shape index (κ2) is 9.86. The quantitative estimate of drug-likeness (QED) is 0.502. The molecule has 0 saturated heterocycles. The van der Waals surface area contributed by atoms with E-state index in [2.05, 4.69) is 15.6 Å². The van der Waals surface area contributed by atoms with Crippen molar-refractivity contribution in [2.24, 2.45) is 0 Å². The van der Waals surface area contributed by atoms with Gasteiger partial charge in [-0.3, -0.25) is 4.84 Å². The van der Waals surface area contributed by atoms with Gasteiger partial charge in [0.05, 0.1) is 12.6 Å². The minimum Gasteiger partial charge on any atom is -0.444 e. The molecule has 0 heterocycles. The lowest BCUT2D eigenvalue weighted by atomic mass is 10.2. The van der Waals surface area contributed by atoms with Gasteiger partial charge in [0.15, 0.2) is 6.61 Å². The van der Waals surface area contributed by atoms with Crippen LogP contribution < -0.4 is 10.8 Å². The van der Waals surface area contributed by atoms with E-state index in [-0.39, 0.29) is 6.61 Å². The SMILES string of the molecule is COCC(CCCNC(=O)OC(C)(C)C)NOCC(F)(F)F. The first-order valence-electron chi connectivity index (χ1n) is 6.93. The van der Waals surface area contributed by atoms with Crippen LogP contribution in [0.1, 0.15) is 33.6 Å². The molecule has 0 rings (SSSR count). The summed E-state index contributed by atoms with van der Waals surface area (Å²) in [5.41, 5.74) is 1.74. The molecule has 0 aliphatic heterocycles. The van der Waals surface area contributed by atoms with Crippen molar-refractivity contribution >= 4 is 6.09 Å². The normalized spacial score (nSPS) is 13.8. The Labute approximate surface area is 128 Å². The average molecular weight is 330 g/mol. The monoisotopic (exact) mass is 330 g/mol. The van der Waals surface area contributed by atoms with E-state index in [0.29, 0.717) is 19.4 Å². The zero-order valence-corrected chi connectivity index (χ0v) is 13.4. The molecule has 0 bridgehead atoms. The first-order chi connectivity index (χ1) is 10.0. The second-order valence-corrected chi connectivity index (χ2v) is 5.74. The smallest absolute Gasteiger partial charge is 0.413 e. The number of ether oxygens (including phenoxy) is 2. The molecule has 132 valence electrons. The fourth-order valence-corrected chi connectivity index (χ4v) is 1.47. The number of alkyl halides is 3. The van der Waals surface area contributed by atoms with E-state index in [1.807, 2.05) is 0 Å². The molecule has 1 unspecified atom stereocenters. The summed E-state index contributed by atoms with van der Waals surface area (Å²) in [6, 6.07) is -0.396. The summed E-state index contributed by atoms with van der Waals surface area (Å²) >= 11 is 0. The maximum atomic E-state index is 12.0. The third kappa shape index (κ3) is 13.9. The topological polar surface area (TPSA) is 68.8 Å². The summed E-state index contributed by atoms with van der Waals surface area (Å²) in [4.78, 5) is 15.8. The number of rotatable bonds is 9. The first kappa shape index (κ1) is 20.9. The van der Waals surface area contributed by atoms with E-state index in [1.165, 1.54) is 7.11 Å². The van der Waals surface area contributed by atoms with Crippen LogP contribution in [0.2, 0.25) is 0 Å². The highest BCUT2D eigenvalue weighted by atomic mass is 19.4. The highest BCUT2D eigenvalue weighted by Gasteiger charge is 2.28. The Morgan fingerprint density at radius 2 is 1.86 bits per heavy atom. The van der Waals surface area contributed by atoms with Crippen LogP contribution in [0, 0.1) is 0 Å². The van der Waals surface area contributed by atoms with Crippen LogP contribution in [-0.4, -0.2) is 50.8 Å². The molecule has 0 fully saturated rings. The van der Waals surface area contributed by atoms with Crippen LogP contribution in [-0.2, 0) is 14.3 Å². The lowest BCUT2D eigenvalue weighted by molar-refractivity contribution is -0.194. The summed E-state index contributed by atoms with van der Waals surface area (Å²) < 4.78 is 45.8. The van der Waals surface area contributed by atoms with Crippen LogP contribution in [0.5, 0.6) is 0 Å². The van der Waals surface area contributed by atoms with E-state index in [0.717, 1.165) is 0 Å². The average Bonchev–Trinajstić information content (AvgIpc) is 2.30. The van der Waals surface area contributed by atoms with Crippen molar-refractivity contribution in [3.05, 3.63) is 0 Å².